The summed E-state index contributed by atoms with van der Waals surface area (Å²) in [5.41, 5.74) is 1.28. The number of esters is 2. The molecule has 0 spiro atoms. The largest absolute Gasteiger partial charge is 0.465 e. The molecule has 6 nitrogen and oxygen atoms in total. The maximum absolute atomic E-state index is 12.2. The third-order valence-electron chi connectivity index (χ3n) is 4.35. The number of methoxy groups -OCH3 is 2. The number of nitrogens with zero attached hydrogens (tertiary/aromatic N) is 1. The Bertz CT molecular complexity index is 586. The van der Waals surface area contributed by atoms with Crippen molar-refractivity contribution in [3.63, 3.8) is 0 Å². The molecule has 24 heavy (non-hydrogen) atoms. The number of aliphatic hydroxyl groups excluding tert-OH is 1. The fourth-order valence-corrected chi connectivity index (χ4v) is 2.90. The van der Waals surface area contributed by atoms with Crippen LogP contribution in [-0.4, -0.2) is 55.9 Å². The van der Waals surface area contributed by atoms with Gasteiger partial charge in [-0.3, -0.25) is 0 Å². The van der Waals surface area contributed by atoms with Crippen LogP contribution in [0, 0.1) is 5.92 Å². The highest BCUT2D eigenvalue weighted by Crippen LogP contribution is 2.38. The molecule has 0 aromatic carbocycles. The summed E-state index contributed by atoms with van der Waals surface area (Å²) in [6.45, 7) is 0.0718. The molecule has 1 unspecified atom stereocenters. The maximum Gasteiger partial charge on any atom is 0.340 e. The quantitative estimate of drug-likeness (QED) is 0.743. The maximum atomic E-state index is 12.2. The van der Waals surface area contributed by atoms with E-state index >= 15 is 0 Å². The van der Waals surface area contributed by atoms with Crippen molar-refractivity contribution >= 4 is 11.9 Å². The number of carbonyl (C=O) groups is 2. The molecule has 0 aromatic heterocycles. The summed E-state index contributed by atoms with van der Waals surface area (Å²) in [5, 5.41) is 9.13. The molecular formula is C18H25NO5. The summed E-state index contributed by atoms with van der Waals surface area (Å²) >= 11 is 0. The first-order valence-corrected chi connectivity index (χ1v) is 8.15. The van der Waals surface area contributed by atoms with E-state index < -0.39 is 11.9 Å². The van der Waals surface area contributed by atoms with Crippen LogP contribution in [-0.2, 0) is 19.1 Å². The Morgan fingerprint density at radius 3 is 2.38 bits per heavy atom. The van der Waals surface area contributed by atoms with Crippen molar-refractivity contribution in [2.24, 2.45) is 5.92 Å². The summed E-state index contributed by atoms with van der Waals surface area (Å²) in [4.78, 5) is 26.3. The molecule has 0 radical (unpaired) electrons. The van der Waals surface area contributed by atoms with Crippen molar-refractivity contribution < 1.29 is 24.2 Å². The number of likely N-dealkylation sites (N-methyl/N-ethyl adjacent to an activating group) is 1. The Kier molecular flexibility index (Phi) is 6.20. The van der Waals surface area contributed by atoms with Gasteiger partial charge in [0.2, 0.25) is 0 Å². The molecule has 1 saturated carbocycles. The van der Waals surface area contributed by atoms with Crippen LogP contribution in [0.4, 0.5) is 0 Å². The standard InChI is InChI=1S/C18H25NO5/c1-19-11-15(18(22)24-3)14(17(21)23-2)9-12(5-4-8-20)10-16(19)13-6-7-13/h9-11,13,16,20H,4-8H2,1-3H3/b12-10-,14-9+,15-11+. The Labute approximate surface area is 142 Å². The van der Waals surface area contributed by atoms with Gasteiger partial charge in [-0.1, -0.05) is 6.08 Å². The van der Waals surface area contributed by atoms with Crippen molar-refractivity contribution in [3.05, 3.63) is 35.1 Å². The normalized spacial score (nSPS) is 27.6. The highest BCUT2D eigenvalue weighted by atomic mass is 16.5. The van der Waals surface area contributed by atoms with E-state index in [4.69, 9.17) is 14.6 Å². The van der Waals surface area contributed by atoms with Crippen LogP contribution < -0.4 is 0 Å². The highest BCUT2D eigenvalue weighted by Gasteiger charge is 2.34. The summed E-state index contributed by atoms with van der Waals surface area (Å²) < 4.78 is 9.68. The average molecular weight is 335 g/mol. The molecule has 0 amide bonds. The lowest BCUT2D eigenvalue weighted by Crippen LogP contribution is -2.30. The molecule has 0 aromatic rings. The minimum Gasteiger partial charge on any atom is -0.465 e. The first-order chi connectivity index (χ1) is 11.5. The SMILES string of the molecule is COC(=O)C1=C/C(CCCO)=C\C(C2CC2)N(C)/C=C\1C(=O)OC. The van der Waals surface area contributed by atoms with Gasteiger partial charge in [0, 0.05) is 25.9 Å². The molecule has 1 N–H and O–H groups in total. The van der Waals surface area contributed by atoms with Crippen molar-refractivity contribution in [2.45, 2.75) is 31.7 Å². The predicted molar refractivity (Wildman–Crippen MR) is 88.9 cm³/mol. The fourth-order valence-electron chi connectivity index (χ4n) is 2.90. The van der Waals surface area contributed by atoms with E-state index in [1.807, 2.05) is 11.9 Å². The van der Waals surface area contributed by atoms with E-state index in [1.54, 1.807) is 12.3 Å². The highest BCUT2D eigenvalue weighted by molar-refractivity contribution is 6.07. The van der Waals surface area contributed by atoms with Gasteiger partial charge in [0.25, 0.3) is 0 Å². The Morgan fingerprint density at radius 2 is 1.83 bits per heavy atom. The van der Waals surface area contributed by atoms with Crippen molar-refractivity contribution in [1.82, 2.24) is 4.90 Å². The first kappa shape index (κ1) is 18.3. The average Bonchev–Trinajstić information content (AvgIpc) is 3.41. The van der Waals surface area contributed by atoms with Gasteiger partial charge in [0.1, 0.15) is 0 Å². The number of allylic oxidation sites excluding steroid dienone is 2. The van der Waals surface area contributed by atoms with Crippen molar-refractivity contribution in [1.29, 1.82) is 0 Å². The van der Waals surface area contributed by atoms with Crippen LogP contribution in [0.5, 0.6) is 0 Å². The Balaban J connectivity index is 2.50. The second kappa shape index (κ2) is 8.15. The summed E-state index contributed by atoms with van der Waals surface area (Å²) in [7, 11) is 4.47. The zero-order chi connectivity index (χ0) is 17.7. The van der Waals surface area contributed by atoms with Gasteiger partial charge in [0.15, 0.2) is 0 Å². The van der Waals surface area contributed by atoms with Crippen LogP contribution in [0.15, 0.2) is 35.1 Å². The predicted octanol–water partition coefficient (Wildman–Crippen LogP) is 1.57. The number of hydrogen-bond acceptors (Lipinski definition) is 6. The molecule has 2 aliphatic rings. The molecule has 0 saturated heterocycles. The fraction of sp³-hybridized carbons (Fsp3) is 0.556. The first-order valence-electron chi connectivity index (χ1n) is 8.15. The second-order valence-electron chi connectivity index (χ2n) is 6.15. The van der Waals surface area contributed by atoms with E-state index in [2.05, 4.69) is 6.08 Å². The van der Waals surface area contributed by atoms with Crippen LogP contribution in [0.2, 0.25) is 0 Å². The number of ether oxygens (including phenoxy) is 2. The van der Waals surface area contributed by atoms with E-state index in [-0.39, 0.29) is 23.8 Å². The molecule has 0 bridgehead atoms. The minimum absolute atomic E-state index is 0.0718. The van der Waals surface area contributed by atoms with Gasteiger partial charge in [-0.25, -0.2) is 9.59 Å². The lowest BCUT2D eigenvalue weighted by Gasteiger charge is -2.28. The summed E-state index contributed by atoms with van der Waals surface area (Å²) in [5.74, 6) is -0.612. The van der Waals surface area contributed by atoms with Crippen LogP contribution in [0.3, 0.4) is 0 Å². The van der Waals surface area contributed by atoms with Gasteiger partial charge in [-0.05, 0) is 43.3 Å². The van der Waals surface area contributed by atoms with Crippen LogP contribution in [0.1, 0.15) is 25.7 Å². The van der Waals surface area contributed by atoms with E-state index in [0.717, 1.165) is 18.4 Å². The van der Waals surface area contributed by atoms with Gasteiger partial charge in [-0.2, -0.15) is 0 Å². The Hall–Kier alpha value is -2.08. The van der Waals surface area contributed by atoms with E-state index in [0.29, 0.717) is 18.8 Å². The molecule has 6 heteroatoms. The third kappa shape index (κ3) is 4.26. The molecule has 1 heterocycles. The molecular weight excluding hydrogens is 310 g/mol. The minimum atomic E-state index is -0.583. The molecule has 1 aliphatic carbocycles. The monoisotopic (exact) mass is 335 g/mol. The van der Waals surface area contributed by atoms with Crippen LogP contribution in [0.25, 0.3) is 0 Å². The molecule has 132 valence electrons. The van der Waals surface area contributed by atoms with E-state index in [9.17, 15) is 9.59 Å². The van der Waals surface area contributed by atoms with Gasteiger partial charge in [0.05, 0.1) is 25.4 Å². The number of aliphatic hydroxyl groups is 1. The molecule has 1 atom stereocenters. The lowest BCUT2D eigenvalue weighted by molar-refractivity contribution is -0.139. The Morgan fingerprint density at radius 1 is 1.21 bits per heavy atom. The zero-order valence-corrected chi connectivity index (χ0v) is 14.4. The summed E-state index contributed by atoms with van der Waals surface area (Å²) in [6.07, 6.45) is 8.99. The molecule has 1 aliphatic heterocycles. The van der Waals surface area contributed by atoms with Crippen molar-refractivity contribution in [2.75, 3.05) is 27.9 Å². The van der Waals surface area contributed by atoms with Gasteiger partial charge < -0.3 is 19.5 Å². The second-order valence-corrected chi connectivity index (χ2v) is 6.15. The number of hydrogen-bond donors (Lipinski definition) is 1. The van der Waals surface area contributed by atoms with Gasteiger partial charge >= 0.3 is 11.9 Å². The van der Waals surface area contributed by atoms with E-state index in [1.165, 1.54) is 14.2 Å². The van der Waals surface area contributed by atoms with Crippen molar-refractivity contribution in [3.8, 4) is 0 Å². The molecule has 2 rings (SSSR count). The van der Waals surface area contributed by atoms with Gasteiger partial charge in [-0.15, -0.1) is 0 Å². The topological polar surface area (TPSA) is 76.1 Å². The zero-order valence-electron chi connectivity index (χ0n) is 14.4. The summed E-state index contributed by atoms with van der Waals surface area (Å²) in [6, 6.07) is 0.161. The molecule has 1 fully saturated rings. The van der Waals surface area contributed by atoms with Crippen LogP contribution >= 0.6 is 0 Å². The number of carbonyl (C=O) groups excluding carboxylic acids is 2. The third-order valence-corrected chi connectivity index (χ3v) is 4.35. The smallest absolute Gasteiger partial charge is 0.340 e. The number of rotatable bonds is 6. The lowest BCUT2D eigenvalue weighted by atomic mass is 9.96.